The number of benzene rings is 2. The maximum atomic E-state index is 13.5. The summed E-state index contributed by atoms with van der Waals surface area (Å²) in [6.45, 7) is 1.59. The molecule has 0 atom stereocenters. The fourth-order valence-corrected chi connectivity index (χ4v) is 4.02. The molecule has 0 radical (unpaired) electrons. The van der Waals surface area contributed by atoms with Gasteiger partial charge in [-0.3, -0.25) is 9.59 Å². The summed E-state index contributed by atoms with van der Waals surface area (Å²) in [7, 11) is -2.33. The molecule has 1 amide bonds. The normalized spacial score (nSPS) is 11.5. The molecule has 0 heterocycles. The first-order valence-electron chi connectivity index (χ1n) is 9.40. The zero-order chi connectivity index (χ0) is 22.3. The smallest absolute Gasteiger partial charge is 0.242 e. The summed E-state index contributed by atoms with van der Waals surface area (Å²) in [5, 5.41) is 2.57. The Kier molecular flexibility index (Phi) is 8.19. The van der Waals surface area contributed by atoms with Crippen molar-refractivity contribution in [3.8, 4) is 0 Å². The number of hydrogen-bond donors (Lipinski definition) is 1. The number of amides is 1. The monoisotopic (exact) mass is 438 g/mol. The number of Topliss-reactive ketones (excluding diaryl/α,β-unsaturated/α-hetero) is 1. The average Bonchev–Trinajstić information content (AvgIpc) is 2.70. The second-order valence-corrected chi connectivity index (χ2v) is 8.86. The van der Waals surface area contributed by atoms with E-state index in [9.17, 15) is 26.8 Å². The van der Waals surface area contributed by atoms with Crippen LogP contribution in [-0.2, 0) is 21.2 Å². The quantitative estimate of drug-likeness (QED) is 0.578. The molecule has 0 aliphatic carbocycles. The molecule has 30 heavy (non-hydrogen) atoms. The van der Waals surface area contributed by atoms with Gasteiger partial charge in [-0.1, -0.05) is 18.2 Å². The molecular formula is C21H24F2N2O4S. The molecule has 0 aliphatic heterocycles. The van der Waals surface area contributed by atoms with Gasteiger partial charge in [0.25, 0.3) is 0 Å². The van der Waals surface area contributed by atoms with Crippen molar-refractivity contribution in [3.63, 3.8) is 0 Å². The molecule has 0 bridgehead atoms. The Morgan fingerprint density at radius 3 is 2.20 bits per heavy atom. The molecule has 0 aliphatic rings. The van der Waals surface area contributed by atoms with Crippen LogP contribution in [0.25, 0.3) is 0 Å². The minimum atomic E-state index is -3.73. The predicted molar refractivity (Wildman–Crippen MR) is 109 cm³/mol. The van der Waals surface area contributed by atoms with Crippen molar-refractivity contribution in [2.45, 2.75) is 31.1 Å². The van der Waals surface area contributed by atoms with Gasteiger partial charge in [-0.05, 0) is 44.0 Å². The molecule has 0 saturated heterocycles. The lowest BCUT2D eigenvalue weighted by atomic mass is 10.1. The number of carbonyl (C=O) groups is 2. The highest BCUT2D eigenvalue weighted by Gasteiger charge is 2.20. The van der Waals surface area contributed by atoms with E-state index in [0.29, 0.717) is 5.56 Å². The number of halogens is 2. The van der Waals surface area contributed by atoms with Crippen molar-refractivity contribution >= 4 is 21.7 Å². The van der Waals surface area contributed by atoms with Crippen molar-refractivity contribution in [2.24, 2.45) is 0 Å². The fraction of sp³-hybridized carbons (Fsp3) is 0.333. The van der Waals surface area contributed by atoms with Gasteiger partial charge in [0.05, 0.1) is 4.90 Å². The Morgan fingerprint density at radius 2 is 1.63 bits per heavy atom. The van der Waals surface area contributed by atoms with E-state index in [1.54, 1.807) is 0 Å². The van der Waals surface area contributed by atoms with Gasteiger partial charge in [0.15, 0.2) is 5.78 Å². The molecule has 0 fully saturated rings. The van der Waals surface area contributed by atoms with Crippen LogP contribution < -0.4 is 5.32 Å². The third kappa shape index (κ3) is 6.17. The Hall–Kier alpha value is -2.65. The van der Waals surface area contributed by atoms with Crippen LogP contribution in [-0.4, -0.2) is 44.6 Å². The van der Waals surface area contributed by atoms with Crippen LogP contribution in [0.3, 0.4) is 0 Å². The number of sulfonamides is 1. The number of nitrogens with zero attached hydrogens (tertiary/aromatic N) is 1. The van der Waals surface area contributed by atoms with E-state index in [-0.39, 0.29) is 54.5 Å². The van der Waals surface area contributed by atoms with Crippen LogP contribution in [0.2, 0.25) is 0 Å². The van der Waals surface area contributed by atoms with E-state index in [1.165, 1.54) is 44.3 Å². The van der Waals surface area contributed by atoms with Gasteiger partial charge in [0.2, 0.25) is 15.9 Å². The van der Waals surface area contributed by atoms with E-state index >= 15 is 0 Å². The topological polar surface area (TPSA) is 83.6 Å². The first-order valence-corrected chi connectivity index (χ1v) is 10.8. The molecule has 0 saturated carbocycles. The number of carbonyl (C=O) groups excluding carboxylic acids is 2. The second-order valence-electron chi connectivity index (χ2n) is 6.81. The summed E-state index contributed by atoms with van der Waals surface area (Å²) >= 11 is 0. The molecule has 0 unspecified atom stereocenters. The highest BCUT2D eigenvalue weighted by atomic mass is 32.2. The van der Waals surface area contributed by atoms with E-state index in [2.05, 4.69) is 5.32 Å². The third-order valence-corrected chi connectivity index (χ3v) is 6.48. The minimum Gasteiger partial charge on any atom is -0.356 e. The zero-order valence-corrected chi connectivity index (χ0v) is 17.6. The summed E-state index contributed by atoms with van der Waals surface area (Å²) < 4.78 is 53.3. The van der Waals surface area contributed by atoms with Gasteiger partial charge < -0.3 is 5.32 Å². The largest absolute Gasteiger partial charge is 0.356 e. The standard InChI is InChI=1S/C21H24F2N2O4S/c1-15(26)16-8-10-17(11-9-16)30(28,29)25(2)14-4-7-21(27)24-13-12-18-19(22)5-3-6-20(18)23/h3,5-6,8-11H,4,7,12-14H2,1-2H3,(H,24,27). The molecule has 2 aromatic rings. The van der Waals surface area contributed by atoms with Gasteiger partial charge in [-0.2, -0.15) is 0 Å². The van der Waals surface area contributed by atoms with Gasteiger partial charge in [-0.25, -0.2) is 21.5 Å². The lowest BCUT2D eigenvalue weighted by Gasteiger charge is -2.17. The van der Waals surface area contributed by atoms with Crippen LogP contribution in [0.1, 0.15) is 35.7 Å². The fourth-order valence-electron chi connectivity index (χ4n) is 2.81. The summed E-state index contributed by atoms with van der Waals surface area (Å²) in [5.41, 5.74) is 0.336. The molecular weight excluding hydrogens is 414 g/mol. The Labute approximate surface area is 174 Å². The first-order chi connectivity index (χ1) is 14.1. The van der Waals surface area contributed by atoms with E-state index in [4.69, 9.17) is 0 Å². The highest BCUT2D eigenvalue weighted by molar-refractivity contribution is 7.89. The maximum Gasteiger partial charge on any atom is 0.242 e. The average molecular weight is 438 g/mol. The molecule has 6 nitrogen and oxygen atoms in total. The molecule has 0 aromatic heterocycles. The zero-order valence-electron chi connectivity index (χ0n) is 16.8. The van der Waals surface area contributed by atoms with Crippen molar-refractivity contribution < 1.29 is 26.8 Å². The van der Waals surface area contributed by atoms with Crippen LogP contribution in [0.4, 0.5) is 8.78 Å². The molecule has 0 spiro atoms. The summed E-state index contributed by atoms with van der Waals surface area (Å²) in [6.07, 6.45) is 0.374. The van der Waals surface area contributed by atoms with Gasteiger partial charge in [-0.15, -0.1) is 0 Å². The molecule has 1 N–H and O–H groups in total. The summed E-state index contributed by atoms with van der Waals surface area (Å²) in [6, 6.07) is 9.24. The Balaban J connectivity index is 1.79. The predicted octanol–water partition coefficient (Wildman–Crippen LogP) is 2.93. The number of ketones is 1. The van der Waals surface area contributed by atoms with Crippen molar-refractivity contribution in [3.05, 3.63) is 65.2 Å². The maximum absolute atomic E-state index is 13.5. The lowest BCUT2D eigenvalue weighted by Crippen LogP contribution is -2.30. The van der Waals surface area contributed by atoms with Gasteiger partial charge >= 0.3 is 0 Å². The molecule has 2 rings (SSSR count). The first kappa shape index (κ1) is 23.6. The van der Waals surface area contributed by atoms with Crippen LogP contribution >= 0.6 is 0 Å². The Morgan fingerprint density at radius 1 is 1.03 bits per heavy atom. The van der Waals surface area contributed by atoms with Gasteiger partial charge in [0, 0.05) is 37.7 Å². The lowest BCUT2D eigenvalue weighted by molar-refractivity contribution is -0.121. The van der Waals surface area contributed by atoms with Crippen LogP contribution in [0, 0.1) is 11.6 Å². The summed E-state index contributed by atoms with van der Waals surface area (Å²) in [4.78, 5) is 23.3. The van der Waals surface area contributed by atoms with Crippen molar-refractivity contribution in [2.75, 3.05) is 20.1 Å². The van der Waals surface area contributed by atoms with Crippen molar-refractivity contribution in [1.29, 1.82) is 0 Å². The van der Waals surface area contributed by atoms with Crippen molar-refractivity contribution in [1.82, 2.24) is 9.62 Å². The minimum absolute atomic E-state index is 0.0226. The number of rotatable bonds is 10. The van der Waals surface area contributed by atoms with Gasteiger partial charge in [0.1, 0.15) is 11.6 Å². The molecule has 162 valence electrons. The van der Waals surface area contributed by atoms with E-state index < -0.39 is 21.7 Å². The highest BCUT2D eigenvalue weighted by Crippen LogP contribution is 2.16. The Bertz CT molecular complexity index is 988. The SMILES string of the molecule is CC(=O)c1ccc(S(=O)(=O)N(C)CCCC(=O)NCCc2c(F)cccc2F)cc1. The number of nitrogens with one attached hydrogen (secondary N) is 1. The molecule has 2 aromatic carbocycles. The van der Waals surface area contributed by atoms with Crippen LogP contribution in [0.5, 0.6) is 0 Å². The molecule has 9 heteroatoms. The van der Waals surface area contributed by atoms with E-state index in [1.807, 2.05) is 0 Å². The summed E-state index contributed by atoms with van der Waals surface area (Å²) in [5.74, 6) is -1.81. The second kappa shape index (κ2) is 10.4. The van der Waals surface area contributed by atoms with E-state index in [0.717, 1.165) is 16.4 Å². The van der Waals surface area contributed by atoms with Crippen LogP contribution in [0.15, 0.2) is 47.4 Å². The number of hydrogen-bond acceptors (Lipinski definition) is 4. The third-order valence-electron chi connectivity index (χ3n) is 4.60.